The van der Waals surface area contributed by atoms with E-state index in [1.165, 1.54) is 25.2 Å². The van der Waals surface area contributed by atoms with Crippen LogP contribution in [0.5, 0.6) is 0 Å². The maximum absolute atomic E-state index is 5.11. The van der Waals surface area contributed by atoms with Gasteiger partial charge in [-0.2, -0.15) is 0 Å². The van der Waals surface area contributed by atoms with Gasteiger partial charge in [0.2, 0.25) is 0 Å². The summed E-state index contributed by atoms with van der Waals surface area (Å²) >= 11 is 5.02. The van der Waals surface area contributed by atoms with E-state index in [0.717, 1.165) is 186 Å². The highest BCUT2D eigenvalue weighted by Crippen LogP contribution is 2.43. The van der Waals surface area contributed by atoms with Crippen LogP contribution in [0.4, 0.5) is 0 Å². The van der Waals surface area contributed by atoms with Gasteiger partial charge in [0, 0.05) is 86.8 Å². The number of thiophene rings is 3. The molecule has 10 aromatic heterocycles. The lowest BCUT2D eigenvalue weighted by Gasteiger charge is -2.10. The van der Waals surface area contributed by atoms with E-state index in [1.807, 2.05) is 182 Å². The molecule has 10 heterocycles. The summed E-state index contributed by atoms with van der Waals surface area (Å²) in [7, 11) is 0. The Labute approximate surface area is 819 Å². The molecule has 660 valence electrons. The Morgan fingerprint density at radius 3 is 0.936 bits per heavy atom. The number of para-hydroxylation sites is 3. The topological polar surface area (TPSA) is 219 Å². The molecule has 17 nitrogen and oxygen atoms in total. The molecule has 0 aliphatic carbocycles. The molecular weight excluding hydrogens is 1790 g/mol. The first-order valence-corrected chi connectivity index (χ1v) is 48.5. The molecule has 0 N–H and O–H groups in total. The van der Waals surface area contributed by atoms with Gasteiger partial charge in [-0.1, -0.05) is 394 Å². The Kier molecular flexibility index (Phi) is 22.1. The van der Waals surface area contributed by atoms with Crippen molar-refractivity contribution in [2.45, 2.75) is 0 Å². The molecule has 0 bridgehead atoms. The number of aromatic nitrogens is 17. The monoisotopic (exact) mass is 1860 g/mol. The van der Waals surface area contributed by atoms with E-state index in [2.05, 4.69) is 275 Å². The molecule has 0 aliphatic rings. The molecule has 27 rings (SSSR count). The van der Waals surface area contributed by atoms with E-state index >= 15 is 0 Å². The van der Waals surface area contributed by atoms with Crippen molar-refractivity contribution < 1.29 is 0 Å². The van der Waals surface area contributed by atoms with Crippen LogP contribution in [-0.2, 0) is 0 Å². The highest BCUT2D eigenvalue weighted by atomic mass is 32.1. The Morgan fingerprint density at radius 2 is 0.482 bits per heavy atom. The van der Waals surface area contributed by atoms with Gasteiger partial charge in [-0.05, 0) is 92.5 Å². The quantitative estimate of drug-likeness (QED) is 0.0931. The van der Waals surface area contributed by atoms with Crippen LogP contribution in [-0.4, -0.2) is 85.0 Å². The molecule has 0 aliphatic heterocycles. The molecule has 0 atom stereocenters. The fourth-order valence-corrected chi connectivity index (χ4v) is 21.0. The van der Waals surface area contributed by atoms with Crippen LogP contribution in [0.1, 0.15) is 0 Å². The minimum absolute atomic E-state index is 0.599. The van der Waals surface area contributed by atoms with Crippen molar-refractivity contribution in [2.24, 2.45) is 0 Å². The van der Waals surface area contributed by atoms with Gasteiger partial charge in [0.25, 0.3) is 0 Å². The maximum atomic E-state index is 5.11. The van der Waals surface area contributed by atoms with Crippen molar-refractivity contribution in [1.82, 2.24) is 85.0 Å². The summed E-state index contributed by atoms with van der Waals surface area (Å²) in [6.07, 6.45) is 1.60. The second kappa shape index (κ2) is 37.0. The highest BCUT2D eigenvalue weighted by Gasteiger charge is 2.23. The van der Waals surface area contributed by atoms with E-state index in [4.69, 9.17) is 64.8 Å². The minimum Gasteiger partial charge on any atom is -0.243 e. The first-order chi connectivity index (χ1) is 69.8. The molecule has 20 heteroatoms. The summed E-state index contributed by atoms with van der Waals surface area (Å²) < 4.78 is 4.53. The van der Waals surface area contributed by atoms with E-state index in [9.17, 15) is 0 Å². The SMILES string of the molecule is c1ccc(-c2ccc(-c3nc(-c4ccccc4)nc(-c4ccc(-c5ccc6sc7c8ccccc8nnc7c6c5)cc4)n3)cc2)cc1.c1ccc(-c2ccc(-c3nc(-c4ccccc4)nc(-c4ccc(-c5cccc6nc7c(nc56)sc5ccccc57)cc4)n3)cc2)cc1.c1ccc(-c2ccc(-c3nc(-c4ccccc4)nc(-c4ccc(-c5ncnc6c5sc5nc7ccccc7nc56)cc4)n3)cc2)cc1. The largest absolute Gasteiger partial charge is 0.243 e. The van der Waals surface area contributed by atoms with Crippen LogP contribution >= 0.6 is 34.0 Å². The second-order valence-corrected chi connectivity index (χ2v) is 36.9. The summed E-state index contributed by atoms with van der Waals surface area (Å²) in [4.78, 5) is 75.3. The van der Waals surface area contributed by atoms with Gasteiger partial charge in [0.15, 0.2) is 52.4 Å². The van der Waals surface area contributed by atoms with Crippen molar-refractivity contribution in [3.8, 4) is 169 Å². The zero-order chi connectivity index (χ0) is 93.5. The summed E-state index contributed by atoms with van der Waals surface area (Å²) in [5, 5.41) is 12.5. The van der Waals surface area contributed by atoms with E-state index < -0.39 is 0 Å². The molecule has 0 unspecified atom stereocenters. The number of nitrogens with zero attached hydrogens (tertiary/aromatic N) is 17. The third kappa shape index (κ3) is 16.9. The Morgan fingerprint density at radius 1 is 0.156 bits per heavy atom. The average molecular weight is 1860 g/mol. The molecule has 141 heavy (non-hydrogen) atoms. The van der Waals surface area contributed by atoms with Crippen LogP contribution in [0.2, 0.25) is 0 Å². The standard InChI is InChI=1S/2C41H25N5S.C39H23N7S/c1-3-10-26(11-4-1)27-18-22-30(23-19-27)39-44-38(29-12-5-2-6-13-29)45-40(46-39)31-24-20-28(21-25-31)32-15-9-16-34-36(32)43-41-37(42-34)33-14-7-8-17-35(33)47-41;1-3-9-26(10-4-1)27-15-19-30(20-16-27)40-42-39(29-11-5-2-6-12-29)43-41(44-40)31-21-17-28(18-22-31)32-23-24-36-34(25-32)37-38(47-36)33-13-7-8-14-35(33)45-46-37;1-3-9-24(10-4-1)25-15-19-28(20-16-25)37-44-36(27-11-5-2-6-12-27)45-38(46-37)29-21-17-26(18-22-29)32-35-33(41-23-40-32)34-39(47-35)43-31-14-8-7-13-30(31)42-34/h2*1-25H;1-23H. The van der Waals surface area contributed by atoms with Crippen LogP contribution in [0, 0.1) is 0 Å². The Hall–Kier alpha value is -18.5. The van der Waals surface area contributed by atoms with Gasteiger partial charge < -0.3 is 0 Å². The number of hydrogen-bond acceptors (Lipinski definition) is 20. The first kappa shape index (κ1) is 84.3. The van der Waals surface area contributed by atoms with Gasteiger partial charge in [-0.3, -0.25) is 0 Å². The predicted molar refractivity (Wildman–Crippen MR) is 575 cm³/mol. The molecule has 0 amide bonds. The Balaban J connectivity index is 0.000000111. The molecule has 0 fully saturated rings. The second-order valence-electron chi connectivity index (χ2n) is 33.8. The van der Waals surface area contributed by atoms with Crippen molar-refractivity contribution in [2.75, 3.05) is 0 Å². The smallest absolute Gasteiger partial charge is 0.164 e. The van der Waals surface area contributed by atoms with Crippen molar-refractivity contribution in [3.05, 3.63) is 443 Å². The molecular formula is C121H73N17S3. The molecule has 0 saturated heterocycles. The normalized spacial score (nSPS) is 11.4. The lowest BCUT2D eigenvalue weighted by Crippen LogP contribution is -2.00. The third-order valence-electron chi connectivity index (χ3n) is 24.9. The van der Waals surface area contributed by atoms with Crippen molar-refractivity contribution in [3.63, 3.8) is 0 Å². The van der Waals surface area contributed by atoms with Gasteiger partial charge in [0.05, 0.1) is 42.7 Å². The van der Waals surface area contributed by atoms with Crippen LogP contribution in [0.25, 0.3) is 264 Å². The van der Waals surface area contributed by atoms with Gasteiger partial charge >= 0.3 is 0 Å². The summed E-state index contributed by atoms with van der Waals surface area (Å²) in [5.41, 5.74) is 29.3. The summed E-state index contributed by atoms with van der Waals surface area (Å²) in [6.45, 7) is 0. The Bertz CT molecular complexity index is 9130. The zero-order valence-corrected chi connectivity index (χ0v) is 77.4. The van der Waals surface area contributed by atoms with Gasteiger partial charge in [0.1, 0.15) is 38.1 Å². The lowest BCUT2D eigenvalue weighted by molar-refractivity contribution is 1.07. The zero-order valence-electron chi connectivity index (χ0n) is 75.0. The molecule has 0 saturated carbocycles. The van der Waals surface area contributed by atoms with Gasteiger partial charge in [-0.25, -0.2) is 74.8 Å². The first-order valence-electron chi connectivity index (χ1n) is 46.0. The lowest BCUT2D eigenvalue weighted by atomic mass is 10.0. The summed E-state index contributed by atoms with van der Waals surface area (Å²) in [6, 6.07) is 149. The molecule has 27 aromatic rings. The number of hydrogen-bond donors (Lipinski definition) is 0. The van der Waals surface area contributed by atoms with E-state index in [0.29, 0.717) is 52.4 Å². The van der Waals surface area contributed by atoms with Crippen molar-refractivity contribution in [1.29, 1.82) is 0 Å². The summed E-state index contributed by atoms with van der Waals surface area (Å²) in [5.74, 6) is 5.65. The van der Waals surface area contributed by atoms with Gasteiger partial charge in [-0.15, -0.1) is 44.2 Å². The highest BCUT2D eigenvalue weighted by molar-refractivity contribution is 7.27. The number of fused-ring (bicyclic) bond motifs is 13. The maximum Gasteiger partial charge on any atom is 0.164 e. The minimum atomic E-state index is 0.599. The van der Waals surface area contributed by atoms with Crippen molar-refractivity contribution >= 4 is 128 Å². The average Bonchev–Trinajstić information content (AvgIpc) is 1.65. The molecule has 0 spiro atoms. The fraction of sp³-hybridized carbons (Fsp3) is 0. The molecule has 17 aromatic carbocycles. The molecule has 0 radical (unpaired) electrons. The van der Waals surface area contributed by atoms with E-state index in [1.54, 1.807) is 40.3 Å². The third-order valence-corrected chi connectivity index (χ3v) is 28.3. The number of benzene rings is 17. The fourth-order valence-electron chi connectivity index (χ4n) is 17.7. The van der Waals surface area contributed by atoms with Crippen LogP contribution in [0.3, 0.4) is 0 Å². The van der Waals surface area contributed by atoms with Crippen LogP contribution < -0.4 is 0 Å². The predicted octanol–water partition coefficient (Wildman–Crippen LogP) is 30.3. The van der Waals surface area contributed by atoms with Crippen LogP contribution in [0.15, 0.2) is 443 Å². The number of rotatable bonds is 15. The van der Waals surface area contributed by atoms with E-state index in [-0.39, 0.29) is 0 Å².